The number of carbonyl (C=O) groups is 1. The SMILES string of the molecule is CCC(OC)C(=O)NS(C)(=O)=O. The molecule has 1 atom stereocenters. The smallest absolute Gasteiger partial charge is 0.262 e. The zero-order valence-corrected chi connectivity index (χ0v) is 8.14. The van der Waals surface area contributed by atoms with Crippen molar-refractivity contribution in [2.24, 2.45) is 0 Å². The van der Waals surface area contributed by atoms with Gasteiger partial charge in [-0.1, -0.05) is 6.92 Å². The molecule has 0 aliphatic rings. The Kier molecular flexibility index (Phi) is 4.19. The number of hydrogen-bond donors (Lipinski definition) is 1. The van der Waals surface area contributed by atoms with E-state index in [0.717, 1.165) is 6.26 Å². The highest BCUT2D eigenvalue weighted by Crippen LogP contribution is 1.96. The molecule has 0 aromatic heterocycles. The van der Waals surface area contributed by atoms with Gasteiger partial charge in [-0.3, -0.25) is 9.52 Å². The van der Waals surface area contributed by atoms with E-state index in [2.05, 4.69) is 0 Å². The first-order valence-electron chi connectivity index (χ1n) is 3.45. The summed E-state index contributed by atoms with van der Waals surface area (Å²) in [4.78, 5) is 11.0. The molecule has 0 saturated heterocycles. The van der Waals surface area contributed by atoms with E-state index in [1.165, 1.54) is 7.11 Å². The Morgan fingerprint density at radius 3 is 2.33 bits per heavy atom. The molecule has 0 fully saturated rings. The van der Waals surface area contributed by atoms with Crippen LogP contribution in [0.2, 0.25) is 0 Å². The summed E-state index contributed by atoms with van der Waals surface area (Å²) in [6, 6.07) is 0. The fraction of sp³-hybridized carbons (Fsp3) is 0.833. The quantitative estimate of drug-likeness (QED) is 0.655. The zero-order valence-electron chi connectivity index (χ0n) is 7.33. The fourth-order valence-corrected chi connectivity index (χ4v) is 1.20. The molecule has 6 heteroatoms. The van der Waals surface area contributed by atoms with Crippen molar-refractivity contribution in [2.75, 3.05) is 13.4 Å². The lowest BCUT2D eigenvalue weighted by molar-refractivity contribution is -0.129. The van der Waals surface area contributed by atoms with E-state index < -0.39 is 22.0 Å². The maximum atomic E-state index is 11.0. The van der Waals surface area contributed by atoms with Gasteiger partial charge < -0.3 is 4.74 Å². The Labute approximate surface area is 72.1 Å². The van der Waals surface area contributed by atoms with E-state index in [1.807, 2.05) is 4.72 Å². The van der Waals surface area contributed by atoms with Crippen LogP contribution in [0.3, 0.4) is 0 Å². The van der Waals surface area contributed by atoms with Gasteiger partial charge in [0.05, 0.1) is 6.26 Å². The second-order valence-electron chi connectivity index (χ2n) is 2.37. The number of hydrogen-bond acceptors (Lipinski definition) is 4. The van der Waals surface area contributed by atoms with Gasteiger partial charge in [-0.15, -0.1) is 0 Å². The van der Waals surface area contributed by atoms with E-state index in [1.54, 1.807) is 6.92 Å². The third-order valence-electron chi connectivity index (χ3n) is 1.23. The highest BCUT2D eigenvalue weighted by Gasteiger charge is 2.18. The van der Waals surface area contributed by atoms with Crippen LogP contribution in [0, 0.1) is 0 Å². The van der Waals surface area contributed by atoms with Gasteiger partial charge >= 0.3 is 0 Å². The van der Waals surface area contributed by atoms with Gasteiger partial charge in [0.1, 0.15) is 6.10 Å². The van der Waals surface area contributed by atoms with E-state index in [0.29, 0.717) is 6.42 Å². The lowest BCUT2D eigenvalue weighted by Gasteiger charge is -2.11. The molecule has 0 spiro atoms. The first-order valence-corrected chi connectivity index (χ1v) is 5.34. The number of nitrogens with one attached hydrogen (secondary N) is 1. The third kappa shape index (κ3) is 4.30. The monoisotopic (exact) mass is 195 g/mol. The van der Waals surface area contributed by atoms with E-state index in [4.69, 9.17) is 4.74 Å². The number of rotatable bonds is 4. The largest absolute Gasteiger partial charge is 0.372 e. The summed E-state index contributed by atoms with van der Waals surface area (Å²) in [6.07, 6.45) is 0.672. The molecule has 0 aliphatic carbocycles. The van der Waals surface area contributed by atoms with Crippen molar-refractivity contribution < 1.29 is 17.9 Å². The minimum Gasteiger partial charge on any atom is -0.372 e. The number of ether oxygens (including phenoxy) is 1. The molecule has 1 N–H and O–H groups in total. The van der Waals surface area contributed by atoms with Crippen LogP contribution in [0.15, 0.2) is 0 Å². The Bertz CT molecular complexity index is 242. The maximum absolute atomic E-state index is 11.0. The summed E-state index contributed by atoms with van der Waals surface area (Å²) in [6.45, 7) is 1.73. The highest BCUT2D eigenvalue weighted by atomic mass is 32.2. The molecule has 5 nitrogen and oxygen atoms in total. The van der Waals surface area contributed by atoms with Crippen LogP contribution in [-0.4, -0.2) is 33.8 Å². The first-order chi connectivity index (χ1) is 5.40. The molecule has 0 saturated carbocycles. The summed E-state index contributed by atoms with van der Waals surface area (Å²) in [7, 11) is -2.11. The van der Waals surface area contributed by atoms with Crippen molar-refractivity contribution in [2.45, 2.75) is 19.4 Å². The lowest BCUT2D eigenvalue weighted by Crippen LogP contribution is -2.38. The van der Waals surface area contributed by atoms with Crippen molar-refractivity contribution in [3.63, 3.8) is 0 Å². The summed E-state index contributed by atoms with van der Waals surface area (Å²) in [5.74, 6) is -0.623. The van der Waals surface area contributed by atoms with Gasteiger partial charge in [0.25, 0.3) is 5.91 Å². The van der Waals surface area contributed by atoms with Crippen molar-refractivity contribution in [1.29, 1.82) is 0 Å². The first kappa shape index (κ1) is 11.4. The van der Waals surface area contributed by atoms with Crippen molar-refractivity contribution >= 4 is 15.9 Å². The molecule has 12 heavy (non-hydrogen) atoms. The van der Waals surface area contributed by atoms with E-state index in [-0.39, 0.29) is 0 Å². The van der Waals surface area contributed by atoms with Gasteiger partial charge in [-0.2, -0.15) is 0 Å². The van der Waals surface area contributed by atoms with Crippen molar-refractivity contribution in [3.8, 4) is 0 Å². The normalized spacial score (nSPS) is 13.9. The van der Waals surface area contributed by atoms with Crippen molar-refractivity contribution in [1.82, 2.24) is 4.72 Å². The average molecular weight is 195 g/mol. The third-order valence-corrected chi connectivity index (χ3v) is 1.81. The Hall–Kier alpha value is -0.620. The van der Waals surface area contributed by atoms with Crippen LogP contribution in [-0.2, 0) is 19.6 Å². The Balaban J connectivity index is 4.21. The second-order valence-corrected chi connectivity index (χ2v) is 4.12. The summed E-state index contributed by atoms with van der Waals surface area (Å²) in [5, 5.41) is 0. The second kappa shape index (κ2) is 4.42. The lowest BCUT2D eigenvalue weighted by atomic mass is 10.3. The van der Waals surface area contributed by atoms with Crippen LogP contribution in [0.25, 0.3) is 0 Å². The van der Waals surface area contributed by atoms with Gasteiger partial charge in [0.15, 0.2) is 0 Å². The van der Waals surface area contributed by atoms with Crippen molar-refractivity contribution in [3.05, 3.63) is 0 Å². The zero-order chi connectivity index (χ0) is 9.78. The number of amides is 1. The van der Waals surface area contributed by atoms with Crippen LogP contribution < -0.4 is 4.72 Å². The summed E-state index contributed by atoms with van der Waals surface area (Å²) in [5.41, 5.74) is 0. The molecule has 0 aromatic carbocycles. The molecule has 0 bridgehead atoms. The standard InChI is InChI=1S/C6H13NO4S/c1-4-5(11-2)6(8)7-12(3,9)10/h5H,4H2,1-3H3,(H,7,8). The molecule has 0 heterocycles. The minimum atomic E-state index is -3.47. The molecule has 0 radical (unpaired) electrons. The van der Waals surface area contributed by atoms with Crippen LogP contribution in [0.5, 0.6) is 0 Å². The molecular formula is C6H13NO4S. The highest BCUT2D eigenvalue weighted by molar-refractivity contribution is 7.89. The Morgan fingerprint density at radius 2 is 2.08 bits per heavy atom. The van der Waals surface area contributed by atoms with Crippen LogP contribution >= 0.6 is 0 Å². The van der Waals surface area contributed by atoms with E-state index >= 15 is 0 Å². The molecular weight excluding hydrogens is 182 g/mol. The molecule has 0 aromatic rings. The molecule has 1 unspecified atom stereocenters. The fourth-order valence-electron chi connectivity index (χ4n) is 0.708. The van der Waals surface area contributed by atoms with Gasteiger partial charge in [0, 0.05) is 7.11 Å². The molecule has 0 rings (SSSR count). The molecule has 1 amide bonds. The van der Waals surface area contributed by atoms with E-state index in [9.17, 15) is 13.2 Å². The number of sulfonamides is 1. The van der Waals surface area contributed by atoms with Crippen LogP contribution in [0.4, 0.5) is 0 Å². The Morgan fingerprint density at radius 1 is 1.58 bits per heavy atom. The number of methoxy groups -OCH3 is 1. The van der Waals surface area contributed by atoms with Gasteiger partial charge in [0.2, 0.25) is 10.0 Å². The van der Waals surface area contributed by atoms with Gasteiger partial charge in [-0.05, 0) is 6.42 Å². The van der Waals surface area contributed by atoms with Crippen LogP contribution in [0.1, 0.15) is 13.3 Å². The van der Waals surface area contributed by atoms with Gasteiger partial charge in [-0.25, -0.2) is 8.42 Å². The predicted octanol–water partition coefficient (Wildman–Crippen LogP) is -0.513. The minimum absolute atomic E-state index is 0.442. The average Bonchev–Trinajstić information content (AvgIpc) is 1.85. The summed E-state index contributed by atoms with van der Waals surface area (Å²) < 4.78 is 27.7. The maximum Gasteiger partial charge on any atom is 0.262 e. The predicted molar refractivity (Wildman–Crippen MR) is 44.1 cm³/mol. The number of carbonyl (C=O) groups excluding carboxylic acids is 1. The topological polar surface area (TPSA) is 72.5 Å². The summed E-state index contributed by atoms with van der Waals surface area (Å²) >= 11 is 0. The molecule has 72 valence electrons. The molecule has 0 aliphatic heterocycles.